The molecule has 5 nitrogen and oxygen atoms in total. The average molecular weight is 314 g/mol. The van der Waals surface area contributed by atoms with Crippen LogP contribution in [0.15, 0.2) is 0 Å². The van der Waals surface area contributed by atoms with Gasteiger partial charge in [0.15, 0.2) is 0 Å². The fourth-order valence-electron chi connectivity index (χ4n) is 2.95. The molecule has 0 aromatic rings. The van der Waals surface area contributed by atoms with Gasteiger partial charge in [0.05, 0.1) is 0 Å². The fourth-order valence-corrected chi connectivity index (χ4v) is 2.95. The lowest BCUT2D eigenvalue weighted by molar-refractivity contribution is 0.0510. The Morgan fingerprint density at radius 3 is 2.59 bits per heavy atom. The average Bonchev–Trinajstić information content (AvgIpc) is 2.42. The van der Waals surface area contributed by atoms with Gasteiger partial charge in [0, 0.05) is 32.8 Å². The standard InChI is InChI=1S/C17H34N2O3/c1-13(12-21-5)10-18-15-9-7-6-8-14(15)11-19-16(20)22-17(2,3)4/h13-15,18H,6-12H2,1-5H3,(H,19,20). The lowest BCUT2D eigenvalue weighted by atomic mass is 9.84. The van der Waals surface area contributed by atoms with E-state index in [2.05, 4.69) is 17.6 Å². The van der Waals surface area contributed by atoms with E-state index in [9.17, 15) is 4.79 Å². The summed E-state index contributed by atoms with van der Waals surface area (Å²) in [5, 5.41) is 6.58. The number of carbonyl (C=O) groups is 1. The summed E-state index contributed by atoms with van der Waals surface area (Å²) in [7, 11) is 1.74. The quantitative estimate of drug-likeness (QED) is 0.758. The minimum absolute atomic E-state index is 0.315. The van der Waals surface area contributed by atoms with Gasteiger partial charge in [-0.15, -0.1) is 0 Å². The monoisotopic (exact) mass is 314 g/mol. The highest BCUT2D eigenvalue weighted by Gasteiger charge is 2.26. The third kappa shape index (κ3) is 7.99. The number of hydrogen-bond acceptors (Lipinski definition) is 4. The Morgan fingerprint density at radius 2 is 1.95 bits per heavy atom. The second-order valence-corrected chi connectivity index (χ2v) is 7.50. The summed E-state index contributed by atoms with van der Waals surface area (Å²) in [6, 6.07) is 0.475. The Labute approximate surface area is 135 Å². The van der Waals surface area contributed by atoms with E-state index in [0.717, 1.165) is 19.6 Å². The van der Waals surface area contributed by atoms with Gasteiger partial charge in [-0.05, 0) is 45.4 Å². The number of amides is 1. The van der Waals surface area contributed by atoms with E-state index >= 15 is 0 Å². The van der Waals surface area contributed by atoms with Crippen LogP contribution in [0.1, 0.15) is 53.4 Å². The highest BCUT2D eigenvalue weighted by atomic mass is 16.6. The van der Waals surface area contributed by atoms with Gasteiger partial charge in [0.25, 0.3) is 0 Å². The first-order valence-electron chi connectivity index (χ1n) is 8.51. The summed E-state index contributed by atoms with van der Waals surface area (Å²) in [5.74, 6) is 0.988. The molecule has 1 fully saturated rings. The number of alkyl carbamates (subject to hydrolysis) is 1. The zero-order valence-corrected chi connectivity index (χ0v) is 14.9. The van der Waals surface area contributed by atoms with Crippen LogP contribution in [0.25, 0.3) is 0 Å². The molecule has 1 amide bonds. The molecular formula is C17H34N2O3. The van der Waals surface area contributed by atoms with Crippen molar-refractivity contribution in [1.82, 2.24) is 10.6 Å². The van der Waals surface area contributed by atoms with Crippen molar-refractivity contribution < 1.29 is 14.3 Å². The molecule has 0 bridgehead atoms. The van der Waals surface area contributed by atoms with Gasteiger partial charge in [-0.1, -0.05) is 19.8 Å². The van der Waals surface area contributed by atoms with Crippen LogP contribution >= 0.6 is 0 Å². The second-order valence-electron chi connectivity index (χ2n) is 7.50. The maximum absolute atomic E-state index is 11.8. The second kappa shape index (κ2) is 9.36. The normalized spacial score (nSPS) is 23.9. The van der Waals surface area contributed by atoms with Crippen molar-refractivity contribution in [3.05, 3.63) is 0 Å². The topological polar surface area (TPSA) is 59.6 Å². The van der Waals surface area contributed by atoms with Crippen molar-refractivity contribution in [2.24, 2.45) is 11.8 Å². The molecule has 0 aliphatic heterocycles. The zero-order chi connectivity index (χ0) is 16.6. The highest BCUT2D eigenvalue weighted by molar-refractivity contribution is 5.67. The molecule has 0 saturated heterocycles. The predicted octanol–water partition coefficient (Wildman–Crippen LogP) is 2.94. The van der Waals surface area contributed by atoms with Gasteiger partial charge >= 0.3 is 6.09 Å². The zero-order valence-electron chi connectivity index (χ0n) is 14.9. The predicted molar refractivity (Wildman–Crippen MR) is 89.0 cm³/mol. The molecule has 1 aliphatic rings. The van der Waals surface area contributed by atoms with E-state index in [0.29, 0.717) is 24.4 Å². The smallest absolute Gasteiger partial charge is 0.407 e. The molecule has 0 radical (unpaired) electrons. The fraction of sp³-hybridized carbons (Fsp3) is 0.941. The molecule has 1 rings (SSSR count). The highest BCUT2D eigenvalue weighted by Crippen LogP contribution is 2.24. The van der Waals surface area contributed by atoms with E-state index in [1.165, 1.54) is 19.3 Å². The molecule has 130 valence electrons. The summed E-state index contributed by atoms with van der Waals surface area (Å²) in [6.07, 6.45) is 4.53. The number of ether oxygens (including phenoxy) is 2. The van der Waals surface area contributed by atoms with Crippen molar-refractivity contribution >= 4 is 6.09 Å². The first kappa shape index (κ1) is 19.2. The van der Waals surface area contributed by atoms with E-state index in [1.807, 2.05) is 20.8 Å². The van der Waals surface area contributed by atoms with Crippen molar-refractivity contribution in [2.45, 2.75) is 65.0 Å². The molecule has 0 aromatic heterocycles. The van der Waals surface area contributed by atoms with Crippen molar-refractivity contribution in [3.8, 4) is 0 Å². The van der Waals surface area contributed by atoms with Crippen LogP contribution in [0, 0.1) is 11.8 Å². The summed E-state index contributed by atoms with van der Waals surface area (Å²) < 4.78 is 10.5. The Kier molecular flexibility index (Phi) is 8.18. The summed E-state index contributed by atoms with van der Waals surface area (Å²) >= 11 is 0. The molecule has 2 N–H and O–H groups in total. The summed E-state index contributed by atoms with van der Waals surface area (Å²) in [5.41, 5.74) is -0.441. The first-order chi connectivity index (χ1) is 10.3. The van der Waals surface area contributed by atoms with Crippen LogP contribution in [-0.2, 0) is 9.47 Å². The van der Waals surface area contributed by atoms with Crippen LogP contribution in [-0.4, -0.2) is 44.5 Å². The Morgan fingerprint density at radius 1 is 1.27 bits per heavy atom. The Bertz CT molecular complexity index is 328. The lowest BCUT2D eigenvalue weighted by Crippen LogP contribution is -2.46. The van der Waals surface area contributed by atoms with Crippen molar-refractivity contribution in [2.75, 3.05) is 26.8 Å². The molecule has 5 heteroatoms. The number of carbonyl (C=O) groups excluding carboxylic acids is 1. The molecule has 0 spiro atoms. The third-order valence-electron chi connectivity index (χ3n) is 4.00. The number of hydrogen-bond donors (Lipinski definition) is 2. The van der Waals surface area contributed by atoms with E-state index in [4.69, 9.17) is 9.47 Å². The molecule has 0 aromatic carbocycles. The van der Waals surface area contributed by atoms with Gasteiger partial charge in [-0.2, -0.15) is 0 Å². The van der Waals surface area contributed by atoms with Gasteiger partial charge < -0.3 is 20.1 Å². The molecule has 22 heavy (non-hydrogen) atoms. The van der Waals surface area contributed by atoms with Crippen molar-refractivity contribution in [1.29, 1.82) is 0 Å². The van der Waals surface area contributed by atoms with Crippen LogP contribution in [0.3, 0.4) is 0 Å². The van der Waals surface area contributed by atoms with E-state index in [-0.39, 0.29) is 6.09 Å². The lowest BCUT2D eigenvalue weighted by Gasteiger charge is -2.33. The van der Waals surface area contributed by atoms with Crippen LogP contribution in [0.2, 0.25) is 0 Å². The number of rotatable bonds is 7. The molecule has 1 saturated carbocycles. The minimum atomic E-state index is -0.441. The molecule has 1 aliphatic carbocycles. The van der Waals surface area contributed by atoms with Crippen LogP contribution in [0.5, 0.6) is 0 Å². The van der Waals surface area contributed by atoms with Gasteiger partial charge in [0.2, 0.25) is 0 Å². The number of nitrogens with one attached hydrogen (secondary N) is 2. The van der Waals surface area contributed by atoms with Crippen molar-refractivity contribution in [3.63, 3.8) is 0 Å². The maximum atomic E-state index is 11.8. The van der Waals surface area contributed by atoms with Crippen LogP contribution < -0.4 is 10.6 Å². The Balaban J connectivity index is 2.36. The largest absolute Gasteiger partial charge is 0.444 e. The molecule has 3 atom stereocenters. The Hall–Kier alpha value is -0.810. The van der Waals surface area contributed by atoms with E-state index < -0.39 is 5.60 Å². The van der Waals surface area contributed by atoms with Gasteiger partial charge in [-0.25, -0.2) is 4.79 Å². The van der Waals surface area contributed by atoms with Gasteiger partial charge in [-0.3, -0.25) is 0 Å². The van der Waals surface area contributed by atoms with Crippen LogP contribution in [0.4, 0.5) is 4.79 Å². The maximum Gasteiger partial charge on any atom is 0.407 e. The third-order valence-corrected chi connectivity index (χ3v) is 4.00. The van der Waals surface area contributed by atoms with Gasteiger partial charge in [0.1, 0.15) is 5.60 Å². The first-order valence-corrected chi connectivity index (χ1v) is 8.51. The summed E-state index contributed by atoms with van der Waals surface area (Å²) in [6.45, 7) is 10.3. The van der Waals surface area contributed by atoms with E-state index in [1.54, 1.807) is 7.11 Å². The molecule has 3 unspecified atom stereocenters. The summed E-state index contributed by atoms with van der Waals surface area (Å²) in [4.78, 5) is 11.8. The number of methoxy groups -OCH3 is 1. The minimum Gasteiger partial charge on any atom is -0.444 e. The molecular weight excluding hydrogens is 280 g/mol. The SMILES string of the molecule is COCC(C)CNC1CCCCC1CNC(=O)OC(C)(C)C. The molecule has 0 heterocycles.